The maximum absolute atomic E-state index is 12.7. The molecule has 0 aromatic carbocycles. The smallest absolute Gasteiger partial charge is 0.384 e. The summed E-state index contributed by atoms with van der Waals surface area (Å²) in [5.74, 6) is -2.72. The molecule has 1 heterocycles. The molecule has 0 bridgehead atoms. The Morgan fingerprint density at radius 2 is 1.68 bits per heavy atom. The van der Waals surface area contributed by atoms with Crippen LogP contribution in [0.25, 0.3) is 0 Å². The molecule has 106 valence electrons. The van der Waals surface area contributed by atoms with Gasteiger partial charge in [0.2, 0.25) is 5.82 Å². The zero-order valence-electron chi connectivity index (χ0n) is 9.23. The second-order valence-electron chi connectivity index (χ2n) is 4.20. The second kappa shape index (κ2) is 3.87. The lowest BCUT2D eigenvalue weighted by molar-refractivity contribution is -0.151. The van der Waals surface area contributed by atoms with Gasteiger partial charge in [-0.1, -0.05) is 0 Å². The fourth-order valence-electron chi connectivity index (χ4n) is 1.51. The molecule has 0 spiro atoms. The van der Waals surface area contributed by atoms with Gasteiger partial charge in [0.05, 0.1) is 0 Å². The summed E-state index contributed by atoms with van der Waals surface area (Å²) in [6.45, 7) is 0. The molecule has 0 saturated heterocycles. The number of nitrogens with two attached hydrogens (primary N) is 1. The lowest BCUT2D eigenvalue weighted by Crippen LogP contribution is -2.39. The van der Waals surface area contributed by atoms with E-state index in [1.165, 1.54) is 0 Å². The van der Waals surface area contributed by atoms with Crippen LogP contribution >= 0.6 is 0 Å². The summed E-state index contributed by atoms with van der Waals surface area (Å²) in [5, 5.41) is 1.97. The highest BCUT2D eigenvalue weighted by molar-refractivity contribution is 5.48. The highest BCUT2D eigenvalue weighted by Crippen LogP contribution is 2.51. The normalized spacial score (nSPS) is 18.2. The summed E-state index contributed by atoms with van der Waals surface area (Å²) in [4.78, 5) is 5.95. The number of hydrogen-bond donors (Lipinski definition) is 2. The van der Waals surface area contributed by atoms with Gasteiger partial charge < -0.3 is 11.1 Å². The average molecular weight is 286 g/mol. The van der Waals surface area contributed by atoms with Crippen LogP contribution in [0.4, 0.5) is 38.0 Å². The molecule has 19 heavy (non-hydrogen) atoms. The minimum atomic E-state index is -4.87. The molecule has 1 aliphatic rings. The molecular formula is C9H8F6N4. The summed E-state index contributed by atoms with van der Waals surface area (Å²) in [6, 6.07) is 0.834. The van der Waals surface area contributed by atoms with Gasteiger partial charge >= 0.3 is 12.4 Å². The van der Waals surface area contributed by atoms with E-state index < -0.39 is 35.4 Å². The first-order valence-electron chi connectivity index (χ1n) is 5.10. The second-order valence-corrected chi connectivity index (χ2v) is 4.20. The summed E-state index contributed by atoms with van der Waals surface area (Å²) < 4.78 is 75.2. The number of rotatable bonds is 2. The third-order valence-electron chi connectivity index (χ3n) is 2.66. The Labute approximate surface area is 103 Å². The van der Waals surface area contributed by atoms with Gasteiger partial charge in [-0.05, 0) is 12.8 Å². The number of aromatic nitrogens is 2. The van der Waals surface area contributed by atoms with Crippen molar-refractivity contribution >= 4 is 11.6 Å². The highest BCUT2D eigenvalue weighted by Gasteiger charge is 2.63. The van der Waals surface area contributed by atoms with Gasteiger partial charge in [-0.3, -0.25) is 0 Å². The average Bonchev–Trinajstić information content (AvgIpc) is 2.95. The molecule has 0 unspecified atom stereocenters. The van der Waals surface area contributed by atoms with Crippen LogP contribution in [0.15, 0.2) is 6.07 Å². The third-order valence-corrected chi connectivity index (χ3v) is 2.66. The molecule has 0 radical (unpaired) electrons. The third kappa shape index (κ3) is 2.66. The molecule has 1 saturated carbocycles. The van der Waals surface area contributed by atoms with Crippen LogP contribution in [-0.2, 0) is 6.18 Å². The van der Waals surface area contributed by atoms with E-state index in [2.05, 4.69) is 9.97 Å². The highest BCUT2D eigenvalue weighted by atomic mass is 19.4. The van der Waals surface area contributed by atoms with Crippen LogP contribution < -0.4 is 11.1 Å². The Bertz CT molecular complexity index is 490. The topological polar surface area (TPSA) is 63.8 Å². The number of nitrogens with one attached hydrogen (secondary N) is 1. The van der Waals surface area contributed by atoms with E-state index in [1.54, 1.807) is 0 Å². The first-order valence-corrected chi connectivity index (χ1v) is 5.10. The van der Waals surface area contributed by atoms with Crippen molar-refractivity contribution in [1.29, 1.82) is 0 Å². The summed E-state index contributed by atoms with van der Waals surface area (Å²) in [6.07, 6.45) is -9.88. The molecular weight excluding hydrogens is 278 g/mol. The SMILES string of the molecule is Nc1cc(NC2(C(F)(F)F)CC2)nc(C(F)(F)F)n1. The van der Waals surface area contributed by atoms with Gasteiger partial charge in [0.15, 0.2) is 0 Å². The molecule has 1 aromatic rings. The van der Waals surface area contributed by atoms with Crippen LogP contribution in [0.2, 0.25) is 0 Å². The van der Waals surface area contributed by atoms with E-state index in [9.17, 15) is 26.3 Å². The molecule has 1 aliphatic carbocycles. The van der Waals surface area contributed by atoms with Crippen molar-refractivity contribution in [3.8, 4) is 0 Å². The molecule has 2 rings (SSSR count). The van der Waals surface area contributed by atoms with E-state index in [-0.39, 0.29) is 12.8 Å². The number of alkyl halides is 6. The maximum atomic E-state index is 12.7. The molecule has 4 nitrogen and oxygen atoms in total. The fourth-order valence-corrected chi connectivity index (χ4v) is 1.51. The van der Waals surface area contributed by atoms with Crippen LogP contribution in [0.5, 0.6) is 0 Å². The zero-order valence-corrected chi connectivity index (χ0v) is 9.23. The number of nitrogen functional groups attached to an aromatic ring is 1. The Kier molecular flexibility index (Phi) is 2.79. The monoisotopic (exact) mass is 286 g/mol. The number of nitrogens with zero attached hydrogens (tertiary/aromatic N) is 2. The van der Waals surface area contributed by atoms with E-state index in [0.717, 1.165) is 6.07 Å². The minimum Gasteiger partial charge on any atom is -0.384 e. The van der Waals surface area contributed by atoms with Crippen LogP contribution in [0.3, 0.4) is 0 Å². The quantitative estimate of drug-likeness (QED) is 0.820. The van der Waals surface area contributed by atoms with Gasteiger partial charge in [-0.2, -0.15) is 26.3 Å². The molecule has 3 N–H and O–H groups in total. The number of halogens is 6. The van der Waals surface area contributed by atoms with Gasteiger partial charge in [-0.15, -0.1) is 0 Å². The van der Waals surface area contributed by atoms with Crippen molar-refractivity contribution < 1.29 is 26.3 Å². The molecule has 0 atom stereocenters. The van der Waals surface area contributed by atoms with Gasteiger partial charge in [-0.25, -0.2) is 9.97 Å². The van der Waals surface area contributed by atoms with Crippen molar-refractivity contribution in [2.75, 3.05) is 11.1 Å². The summed E-state index contributed by atoms with van der Waals surface area (Å²) in [7, 11) is 0. The van der Waals surface area contributed by atoms with Crippen LogP contribution in [0.1, 0.15) is 18.7 Å². The van der Waals surface area contributed by atoms with Crippen molar-refractivity contribution in [2.45, 2.75) is 30.7 Å². The van der Waals surface area contributed by atoms with Crippen molar-refractivity contribution in [3.63, 3.8) is 0 Å². The lowest BCUT2D eigenvalue weighted by Gasteiger charge is -2.21. The molecule has 1 aromatic heterocycles. The Balaban J connectivity index is 2.30. The van der Waals surface area contributed by atoms with E-state index in [0.29, 0.717) is 0 Å². The van der Waals surface area contributed by atoms with Gasteiger partial charge in [0.1, 0.15) is 17.2 Å². The predicted octanol–water partition coefficient (Wildman–Crippen LogP) is 2.58. The summed E-state index contributed by atoms with van der Waals surface area (Å²) in [5.41, 5.74) is 2.92. The lowest BCUT2D eigenvalue weighted by atomic mass is 10.2. The van der Waals surface area contributed by atoms with Gasteiger partial charge in [0.25, 0.3) is 0 Å². The van der Waals surface area contributed by atoms with Crippen molar-refractivity contribution in [3.05, 3.63) is 11.9 Å². The maximum Gasteiger partial charge on any atom is 0.451 e. The van der Waals surface area contributed by atoms with Crippen LogP contribution in [0, 0.1) is 0 Å². The first kappa shape index (κ1) is 13.7. The first-order chi connectivity index (χ1) is 8.53. The molecule has 1 fully saturated rings. The largest absolute Gasteiger partial charge is 0.451 e. The molecule has 0 aliphatic heterocycles. The molecule has 0 amide bonds. The zero-order chi connectivity index (χ0) is 14.5. The van der Waals surface area contributed by atoms with Crippen LogP contribution in [-0.4, -0.2) is 21.7 Å². The van der Waals surface area contributed by atoms with Gasteiger partial charge in [0, 0.05) is 6.07 Å². The van der Waals surface area contributed by atoms with E-state index in [1.807, 2.05) is 5.32 Å². The predicted molar refractivity (Wildman–Crippen MR) is 53.1 cm³/mol. The molecule has 10 heteroatoms. The number of anilines is 2. The standard InChI is InChI=1S/C9H8F6N4/c10-8(11,12)6-17-4(16)3-5(18-6)19-7(1-2-7)9(13,14)15/h3H,1-2H2,(H3,16,17,18,19). The van der Waals surface area contributed by atoms with Crippen molar-refractivity contribution in [1.82, 2.24) is 9.97 Å². The number of hydrogen-bond acceptors (Lipinski definition) is 4. The summed E-state index contributed by atoms with van der Waals surface area (Å²) >= 11 is 0. The fraction of sp³-hybridized carbons (Fsp3) is 0.556. The van der Waals surface area contributed by atoms with E-state index in [4.69, 9.17) is 5.73 Å². The Morgan fingerprint density at radius 3 is 2.11 bits per heavy atom. The minimum absolute atomic E-state index is 0.220. The Hall–Kier alpha value is -1.74. The van der Waals surface area contributed by atoms with Crippen molar-refractivity contribution in [2.24, 2.45) is 0 Å². The van der Waals surface area contributed by atoms with E-state index >= 15 is 0 Å². The Morgan fingerprint density at radius 1 is 1.11 bits per heavy atom.